The molecule has 0 aliphatic carbocycles. The Bertz CT molecular complexity index is 813. The number of benzene rings is 1. The maximum atomic E-state index is 5.65. The summed E-state index contributed by atoms with van der Waals surface area (Å²) in [6, 6.07) is 12.1. The lowest BCUT2D eigenvalue weighted by molar-refractivity contribution is 0.274. The molecule has 0 radical (unpaired) electrons. The Morgan fingerprint density at radius 3 is 2.33 bits per heavy atom. The first kappa shape index (κ1) is 14.8. The fraction of sp³-hybridized carbons (Fsp3) is 0.211. The van der Waals surface area contributed by atoms with E-state index in [0.29, 0.717) is 5.82 Å². The van der Waals surface area contributed by atoms with Crippen LogP contribution in [0.15, 0.2) is 55.0 Å². The smallest absolute Gasteiger partial charge is 0.123 e. The summed E-state index contributed by atoms with van der Waals surface area (Å²) >= 11 is 0. The van der Waals surface area contributed by atoms with Crippen molar-refractivity contribution in [3.05, 3.63) is 71.7 Å². The Labute approximate surface area is 141 Å². The minimum atomic E-state index is 0.545. The topological polar surface area (TPSA) is 56.3 Å². The summed E-state index contributed by atoms with van der Waals surface area (Å²) in [5.41, 5.74) is 10.7. The lowest BCUT2D eigenvalue weighted by atomic mass is 10.2. The van der Waals surface area contributed by atoms with Gasteiger partial charge in [0.15, 0.2) is 0 Å². The second kappa shape index (κ2) is 6.02. The van der Waals surface area contributed by atoms with Gasteiger partial charge in [0.25, 0.3) is 0 Å². The molecule has 2 N–H and O–H groups in total. The zero-order valence-corrected chi connectivity index (χ0v) is 13.6. The number of anilines is 1. The number of nitrogen functional groups attached to an aromatic ring is 1. The summed E-state index contributed by atoms with van der Waals surface area (Å²) in [5, 5.41) is 0. The van der Waals surface area contributed by atoms with Gasteiger partial charge in [-0.05, 0) is 41.0 Å². The highest BCUT2D eigenvalue weighted by atomic mass is 16.5. The molecule has 122 valence electrons. The van der Waals surface area contributed by atoms with Crippen LogP contribution in [-0.4, -0.2) is 21.6 Å². The van der Waals surface area contributed by atoms with Gasteiger partial charge < -0.3 is 15.0 Å². The first-order chi connectivity index (χ1) is 11.7. The van der Waals surface area contributed by atoms with Crippen molar-refractivity contribution in [1.29, 1.82) is 0 Å². The largest absolute Gasteiger partial charge is 0.497 e. The van der Waals surface area contributed by atoms with Crippen LogP contribution < -0.4 is 10.5 Å². The number of ether oxygens (including phenoxy) is 1. The molecule has 0 atom stereocenters. The van der Waals surface area contributed by atoms with Crippen molar-refractivity contribution in [2.24, 2.45) is 0 Å². The van der Waals surface area contributed by atoms with Crippen LogP contribution in [0.5, 0.6) is 5.75 Å². The molecule has 24 heavy (non-hydrogen) atoms. The number of hydrogen-bond donors (Lipinski definition) is 1. The number of pyridine rings is 1. The van der Waals surface area contributed by atoms with E-state index < -0.39 is 0 Å². The van der Waals surface area contributed by atoms with Crippen molar-refractivity contribution in [3.8, 4) is 11.4 Å². The highest BCUT2D eigenvalue weighted by Crippen LogP contribution is 2.27. The van der Waals surface area contributed by atoms with E-state index in [4.69, 9.17) is 10.5 Å². The second-order valence-corrected chi connectivity index (χ2v) is 6.15. The van der Waals surface area contributed by atoms with E-state index in [-0.39, 0.29) is 0 Å². The predicted octanol–water partition coefficient (Wildman–Crippen LogP) is 2.98. The van der Waals surface area contributed by atoms with E-state index >= 15 is 0 Å². The van der Waals surface area contributed by atoms with Gasteiger partial charge in [0.05, 0.1) is 19.0 Å². The zero-order valence-electron chi connectivity index (χ0n) is 13.6. The molecule has 0 amide bonds. The SMILES string of the molecule is COc1ccc(CN2Cc3cn(-c4ccc(N)nc4)cc3C2)cc1. The van der Waals surface area contributed by atoms with E-state index in [1.54, 1.807) is 13.3 Å². The molecule has 4 rings (SSSR count). The molecule has 0 saturated heterocycles. The summed E-state index contributed by atoms with van der Waals surface area (Å²) in [6.45, 7) is 2.88. The quantitative estimate of drug-likeness (QED) is 0.803. The van der Waals surface area contributed by atoms with Gasteiger partial charge in [-0.25, -0.2) is 4.98 Å². The van der Waals surface area contributed by atoms with Gasteiger partial charge >= 0.3 is 0 Å². The summed E-state index contributed by atoms with van der Waals surface area (Å²) in [7, 11) is 1.69. The van der Waals surface area contributed by atoms with Crippen molar-refractivity contribution in [2.75, 3.05) is 12.8 Å². The van der Waals surface area contributed by atoms with Crippen molar-refractivity contribution < 1.29 is 4.74 Å². The highest BCUT2D eigenvalue weighted by Gasteiger charge is 2.21. The monoisotopic (exact) mass is 320 g/mol. The number of fused-ring (bicyclic) bond motifs is 1. The van der Waals surface area contributed by atoms with E-state index in [0.717, 1.165) is 31.1 Å². The van der Waals surface area contributed by atoms with Gasteiger partial charge in [-0.1, -0.05) is 12.1 Å². The summed E-state index contributed by atoms with van der Waals surface area (Å²) < 4.78 is 7.34. The zero-order chi connectivity index (χ0) is 16.5. The Morgan fingerprint density at radius 1 is 1.04 bits per heavy atom. The van der Waals surface area contributed by atoms with Gasteiger partial charge in [-0.15, -0.1) is 0 Å². The molecular formula is C19H20N4O. The predicted molar refractivity (Wildman–Crippen MR) is 93.9 cm³/mol. The third-order valence-corrected chi connectivity index (χ3v) is 4.42. The fourth-order valence-electron chi connectivity index (χ4n) is 3.16. The first-order valence-corrected chi connectivity index (χ1v) is 7.98. The second-order valence-electron chi connectivity index (χ2n) is 6.15. The van der Waals surface area contributed by atoms with Crippen LogP contribution in [0.4, 0.5) is 5.82 Å². The van der Waals surface area contributed by atoms with Crippen molar-refractivity contribution in [1.82, 2.24) is 14.5 Å². The minimum absolute atomic E-state index is 0.545. The lowest BCUT2D eigenvalue weighted by Gasteiger charge is -2.16. The van der Waals surface area contributed by atoms with E-state index in [9.17, 15) is 0 Å². The molecule has 0 spiro atoms. The number of rotatable bonds is 4. The average Bonchev–Trinajstić information content (AvgIpc) is 3.14. The highest BCUT2D eigenvalue weighted by molar-refractivity contribution is 5.41. The van der Waals surface area contributed by atoms with Gasteiger partial charge in [-0.2, -0.15) is 0 Å². The molecule has 5 nitrogen and oxygen atoms in total. The van der Waals surface area contributed by atoms with Crippen molar-refractivity contribution >= 4 is 5.82 Å². The molecule has 5 heteroatoms. The maximum Gasteiger partial charge on any atom is 0.123 e. The fourth-order valence-corrected chi connectivity index (χ4v) is 3.16. The third kappa shape index (κ3) is 2.86. The number of nitrogens with zero attached hydrogens (tertiary/aromatic N) is 3. The van der Waals surface area contributed by atoms with Crippen molar-refractivity contribution in [3.63, 3.8) is 0 Å². The van der Waals surface area contributed by atoms with Crippen LogP contribution in [0.2, 0.25) is 0 Å². The lowest BCUT2D eigenvalue weighted by Crippen LogP contribution is -2.16. The molecular weight excluding hydrogens is 300 g/mol. The van der Waals surface area contributed by atoms with Gasteiger partial charge in [-0.3, -0.25) is 4.90 Å². The summed E-state index contributed by atoms with van der Waals surface area (Å²) in [5.74, 6) is 1.44. The molecule has 1 aliphatic rings. The van der Waals surface area contributed by atoms with Crippen LogP contribution in [0.3, 0.4) is 0 Å². The Balaban J connectivity index is 1.45. The van der Waals surface area contributed by atoms with Crippen molar-refractivity contribution in [2.45, 2.75) is 19.6 Å². The molecule has 0 bridgehead atoms. The van der Waals surface area contributed by atoms with E-state index in [1.807, 2.05) is 24.3 Å². The number of hydrogen-bond acceptors (Lipinski definition) is 4. The molecule has 3 aromatic rings. The van der Waals surface area contributed by atoms with E-state index in [1.165, 1.54) is 16.7 Å². The normalized spacial score (nSPS) is 13.9. The van der Waals surface area contributed by atoms with Crippen LogP contribution in [0, 0.1) is 0 Å². The molecule has 0 fully saturated rings. The summed E-state index contributed by atoms with van der Waals surface area (Å²) in [4.78, 5) is 6.60. The molecule has 0 unspecified atom stereocenters. The molecule has 1 aliphatic heterocycles. The molecule has 2 aromatic heterocycles. The van der Waals surface area contributed by atoms with Gasteiger partial charge in [0.2, 0.25) is 0 Å². The van der Waals surface area contributed by atoms with Crippen LogP contribution >= 0.6 is 0 Å². The number of nitrogens with two attached hydrogens (primary N) is 1. The molecule has 0 saturated carbocycles. The molecule has 3 heterocycles. The Morgan fingerprint density at radius 2 is 1.75 bits per heavy atom. The van der Waals surface area contributed by atoms with Crippen LogP contribution in [0.25, 0.3) is 5.69 Å². The maximum absolute atomic E-state index is 5.65. The first-order valence-electron chi connectivity index (χ1n) is 7.98. The third-order valence-electron chi connectivity index (χ3n) is 4.42. The van der Waals surface area contributed by atoms with E-state index in [2.05, 4.69) is 39.0 Å². The Hall–Kier alpha value is -2.79. The van der Waals surface area contributed by atoms with Gasteiger partial charge in [0.1, 0.15) is 11.6 Å². The number of methoxy groups -OCH3 is 1. The summed E-state index contributed by atoms with van der Waals surface area (Å²) in [6.07, 6.45) is 6.19. The van der Waals surface area contributed by atoms with Crippen LogP contribution in [0.1, 0.15) is 16.7 Å². The minimum Gasteiger partial charge on any atom is -0.497 e. The molecule has 1 aromatic carbocycles. The van der Waals surface area contributed by atoms with Gasteiger partial charge in [0, 0.05) is 32.0 Å². The number of aromatic nitrogens is 2. The standard InChI is InChI=1S/C19H20N4O/c1-24-18-5-2-14(3-6-18)9-22-10-15-12-23(13-16(15)11-22)17-4-7-19(20)21-8-17/h2-8,12-13H,9-11H2,1H3,(H2,20,21). The Kier molecular flexibility index (Phi) is 3.70. The average molecular weight is 320 g/mol. The van der Waals surface area contributed by atoms with Crippen LogP contribution in [-0.2, 0) is 19.6 Å².